The molecule has 0 radical (unpaired) electrons. The first-order chi connectivity index (χ1) is 11.0. The maximum Gasteiger partial charge on any atom is 0.259 e. The minimum atomic E-state index is -0.310. The summed E-state index contributed by atoms with van der Waals surface area (Å²) in [5, 5.41) is 17.1. The molecule has 0 aliphatic rings. The fraction of sp³-hybridized carbons (Fsp3) is 0.125. The molecule has 0 spiro atoms. The van der Waals surface area contributed by atoms with E-state index in [9.17, 15) is 9.90 Å². The predicted octanol–water partition coefficient (Wildman–Crippen LogP) is 3.68. The number of benzene rings is 2. The van der Waals surface area contributed by atoms with Gasteiger partial charge in [-0.2, -0.15) is 5.10 Å². The van der Waals surface area contributed by atoms with Gasteiger partial charge in [0.05, 0.1) is 12.8 Å². The number of phenols is 1. The van der Waals surface area contributed by atoms with Gasteiger partial charge in [-0.15, -0.1) is 0 Å². The number of anilines is 1. The standard InChI is InChI=1S/C16H15BrClN3O2/c1-10-13(18)3-2-4-14(10)19-9-16(23)21-20-8-11-7-12(17)5-6-15(11)22/h2-8,19,22H,9H2,1H3,(H,21,23). The van der Waals surface area contributed by atoms with E-state index in [-0.39, 0.29) is 18.2 Å². The van der Waals surface area contributed by atoms with E-state index < -0.39 is 0 Å². The van der Waals surface area contributed by atoms with Gasteiger partial charge in [-0.3, -0.25) is 4.79 Å². The van der Waals surface area contributed by atoms with Crippen LogP contribution in [0, 0.1) is 6.92 Å². The molecule has 3 N–H and O–H groups in total. The van der Waals surface area contributed by atoms with Crippen molar-refractivity contribution in [2.24, 2.45) is 5.10 Å². The molecule has 0 aliphatic carbocycles. The number of nitrogens with zero attached hydrogens (tertiary/aromatic N) is 1. The minimum Gasteiger partial charge on any atom is -0.507 e. The van der Waals surface area contributed by atoms with Crippen molar-refractivity contribution in [3.8, 4) is 5.75 Å². The molecule has 0 unspecified atom stereocenters. The van der Waals surface area contributed by atoms with Crippen LogP contribution in [-0.4, -0.2) is 23.8 Å². The van der Waals surface area contributed by atoms with Crippen LogP contribution in [0.3, 0.4) is 0 Å². The first-order valence-corrected chi connectivity index (χ1v) is 7.94. The topological polar surface area (TPSA) is 73.7 Å². The van der Waals surface area contributed by atoms with E-state index in [1.165, 1.54) is 12.3 Å². The molecule has 120 valence electrons. The van der Waals surface area contributed by atoms with Gasteiger partial charge in [0.15, 0.2) is 0 Å². The number of hydrazone groups is 1. The third-order valence-corrected chi connectivity index (χ3v) is 3.99. The number of phenolic OH excluding ortho intramolecular Hbond substituents is 1. The lowest BCUT2D eigenvalue weighted by Gasteiger charge is -2.09. The van der Waals surface area contributed by atoms with Crippen LogP contribution in [0.4, 0.5) is 5.69 Å². The molecule has 0 aromatic heterocycles. The van der Waals surface area contributed by atoms with Gasteiger partial charge in [-0.05, 0) is 42.8 Å². The van der Waals surface area contributed by atoms with Gasteiger partial charge in [0, 0.05) is 20.7 Å². The average molecular weight is 397 g/mol. The summed E-state index contributed by atoms with van der Waals surface area (Å²) >= 11 is 9.32. The number of carbonyl (C=O) groups excluding carboxylic acids is 1. The van der Waals surface area contributed by atoms with Crippen molar-refractivity contribution in [1.29, 1.82) is 0 Å². The summed E-state index contributed by atoms with van der Waals surface area (Å²) in [5.41, 5.74) is 4.56. The lowest BCUT2D eigenvalue weighted by molar-refractivity contribution is -0.119. The number of aromatic hydroxyl groups is 1. The molecular weight excluding hydrogens is 382 g/mol. The summed E-state index contributed by atoms with van der Waals surface area (Å²) in [5.74, 6) is -0.228. The zero-order chi connectivity index (χ0) is 16.8. The predicted molar refractivity (Wildman–Crippen MR) is 96.2 cm³/mol. The van der Waals surface area contributed by atoms with E-state index in [4.69, 9.17) is 11.6 Å². The highest BCUT2D eigenvalue weighted by molar-refractivity contribution is 9.10. The van der Waals surface area contributed by atoms with Crippen LogP contribution in [0.25, 0.3) is 0 Å². The molecule has 0 fully saturated rings. The number of amides is 1. The fourth-order valence-electron chi connectivity index (χ4n) is 1.82. The van der Waals surface area contributed by atoms with E-state index in [1.54, 1.807) is 18.2 Å². The maximum absolute atomic E-state index is 11.8. The van der Waals surface area contributed by atoms with Crippen molar-refractivity contribution in [2.75, 3.05) is 11.9 Å². The third-order valence-electron chi connectivity index (χ3n) is 3.09. The van der Waals surface area contributed by atoms with Gasteiger partial charge < -0.3 is 10.4 Å². The molecule has 0 atom stereocenters. The summed E-state index contributed by atoms with van der Waals surface area (Å²) < 4.78 is 0.807. The second-order valence-corrected chi connectivity index (χ2v) is 6.09. The van der Waals surface area contributed by atoms with Gasteiger partial charge >= 0.3 is 0 Å². The van der Waals surface area contributed by atoms with Crippen LogP contribution in [0.15, 0.2) is 46.0 Å². The molecule has 0 aliphatic heterocycles. The Kier molecular flexibility index (Phi) is 6.01. The monoisotopic (exact) mass is 395 g/mol. The van der Waals surface area contributed by atoms with Gasteiger partial charge in [-0.25, -0.2) is 5.43 Å². The number of hydrogen-bond donors (Lipinski definition) is 3. The van der Waals surface area contributed by atoms with Crippen LogP contribution in [0.1, 0.15) is 11.1 Å². The Hall–Kier alpha value is -2.05. The summed E-state index contributed by atoms with van der Waals surface area (Å²) in [6, 6.07) is 10.4. The minimum absolute atomic E-state index is 0.0585. The van der Waals surface area contributed by atoms with E-state index in [0.29, 0.717) is 10.6 Å². The Morgan fingerprint density at radius 2 is 2.17 bits per heavy atom. The third kappa shape index (κ3) is 4.97. The van der Waals surface area contributed by atoms with E-state index >= 15 is 0 Å². The van der Waals surface area contributed by atoms with Crippen molar-refractivity contribution in [3.05, 3.63) is 57.0 Å². The first kappa shape index (κ1) is 17.3. The zero-order valence-corrected chi connectivity index (χ0v) is 14.6. The number of hydrogen-bond acceptors (Lipinski definition) is 4. The fourth-order valence-corrected chi connectivity index (χ4v) is 2.37. The van der Waals surface area contributed by atoms with Crippen LogP contribution in [0.2, 0.25) is 5.02 Å². The van der Waals surface area contributed by atoms with Gasteiger partial charge in [0.1, 0.15) is 5.75 Å². The molecule has 7 heteroatoms. The van der Waals surface area contributed by atoms with Crippen molar-refractivity contribution in [3.63, 3.8) is 0 Å². The number of nitrogens with one attached hydrogen (secondary N) is 2. The quantitative estimate of drug-likeness (QED) is 0.533. The molecule has 0 saturated heterocycles. The zero-order valence-electron chi connectivity index (χ0n) is 12.3. The van der Waals surface area contributed by atoms with Gasteiger partial charge in [0.2, 0.25) is 0 Å². The van der Waals surface area contributed by atoms with Gasteiger partial charge in [0.25, 0.3) is 5.91 Å². The largest absolute Gasteiger partial charge is 0.507 e. The Bertz CT molecular complexity index is 750. The van der Waals surface area contributed by atoms with Crippen LogP contribution < -0.4 is 10.7 Å². The Labute approximate surface area is 147 Å². The first-order valence-electron chi connectivity index (χ1n) is 6.77. The maximum atomic E-state index is 11.8. The highest BCUT2D eigenvalue weighted by atomic mass is 79.9. The van der Waals surface area contributed by atoms with Crippen LogP contribution >= 0.6 is 27.5 Å². The summed E-state index contributed by atoms with van der Waals surface area (Å²) in [4.78, 5) is 11.8. The van der Waals surface area contributed by atoms with Gasteiger partial charge in [-0.1, -0.05) is 33.6 Å². The summed E-state index contributed by atoms with van der Waals surface area (Å²) in [6.45, 7) is 1.93. The van der Waals surface area contributed by atoms with E-state index in [1.807, 2.05) is 19.1 Å². The Morgan fingerprint density at radius 1 is 1.39 bits per heavy atom. The van der Waals surface area contributed by atoms with Crippen molar-refractivity contribution < 1.29 is 9.90 Å². The summed E-state index contributed by atoms with van der Waals surface area (Å²) in [7, 11) is 0. The van der Waals surface area contributed by atoms with Crippen LogP contribution in [-0.2, 0) is 4.79 Å². The molecular formula is C16H15BrClN3O2. The normalized spacial score (nSPS) is 10.7. The molecule has 0 saturated carbocycles. The molecule has 5 nitrogen and oxygen atoms in total. The van der Waals surface area contributed by atoms with Crippen molar-refractivity contribution >= 4 is 45.3 Å². The molecule has 2 rings (SSSR count). The van der Waals surface area contributed by atoms with Crippen molar-refractivity contribution in [1.82, 2.24) is 5.43 Å². The summed E-state index contributed by atoms with van der Waals surface area (Å²) in [6.07, 6.45) is 1.38. The second-order valence-electron chi connectivity index (χ2n) is 4.76. The van der Waals surface area contributed by atoms with E-state index in [0.717, 1.165) is 15.7 Å². The molecule has 23 heavy (non-hydrogen) atoms. The lowest BCUT2D eigenvalue weighted by Crippen LogP contribution is -2.26. The molecule has 0 heterocycles. The van der Waals surface area contributed by atoms with E-state index in [2.05, 4.69) is 31.8 Å². The molecule has 0 bridgehead atoms. The Morgan fingerprint density at radius 3 is 2.96 bits per heavy atom. The number of halogens is 2. The average Bonchev–Trinajstić information content (AvgIpc) is 2.52. The number of rotatable bonds is 5. The number of carbonyl (C=O) groups is 1. The highest BCUT2D eigenvalue weighted by Gasteiger charge is 2.04. The molecule has 1 amide bonds. The molecule has 2 aromatic carbocycles. The second kappa shape index (κ2) is 7.99. The molecule has 2 aromatic rings. The highest BCUT2D eigenvalue weighted by Crippen LogP contribution is 2.22. The smallest absolute Gasteiger partial charge is 0.259 e. The van der Waals surface area contributed by atoms with Crippen LogP contribution in [0.5, 0.6) is 5.75 Å². The lowest BCUT2D eigenvalue weighted by atomic mass is 10.2. The Balaban J connectivity index is 1.89. The SMILES string of the molecule is Cc1c(Cl)cccc1NCC(=O)NN=Cc1cc(Br)ccc1O. The van der Waals surface area contributed by atoms with Crippen molar-refractivity contribution in [2.45, 2.75) is 6.92 Å².